The molecule has 1 aromatic rings. The summed E-state index contributed by atoms with van der Waals surface area (Å²) in [4.78, 5) is 15.1. The Morgan fingerprint density at radius 2 is 2.29 bits per heavy atom. The Kier molecular flexibility index (Phi) is 5.63. The summed E-state index contributed by atoms with van der Waals surface area (Å²) in [6.07, 6.45) is 2.68. The number of ether oxygens (including phenoxy) is 1. The highest BCUT2D eigenvalue weighted by molar-refractivity contribution is 5.92. The summed E-state index contributed by atoms with van der Waals surface area (Å²) in [7, 11) is 0. The summed E-state index contributed by atoms with van der Waals surface area (Å²) >= 11 is 0. The maximum Gasteiger partial charge on any atom is 0.178 e. The maximum atomic E-state index is 11.0. The lowest BCUT2D eigenvalue weighted by Crippen LogP contribution is -2.22. The van der Waals surface area contributed by atoms with Crippen molar-refractivity contribution in [3.05, 3.63) is 24.0 Å². The van der Waals surface area contributed by atoms with Gasteiger partial charge in [-0.25, -0.2) is 4.98 Å². The fraction of sp³-hybridized carbons (Fsp3) is 0.538. The van der Waals surface area contributed by atoms with Gasteiger partial charge in [-0.15, -0.1) is 0 Å². The maximum absolute atomic E-state index is 11.0. The second kappa shape index (κ2) is 7.01. The summed E-state index contributed by atoms with van der Waals surface area (Å²) < 4.78 is 5.68. The molecule has 0 amide bonds. The predicted octanol–water partition coefficient (Wildman–Crippen LogP) is 2.05. The topological polar surface area (TPSA) is 51.2 Å². The van der Waals surface area contributed by atoms with Crippen molar-refractivity contribution in [3.63, 3.8) is 0 Å². The molecule has 1 rings (SSSR count). The monoisotopic (exact) mass is 236 g/mol. The average Bonchev–Trinajstić information content (AvgIpc) is 2.30. The standard InChI is InChI=1S/C13H20N2O2/c1-4-14-8-7-10(2)17-12-5-6-13(11(3)16)15-9-12/h5-6,9-10,14H,4,7-8H2,1-3H3. The van der Waals surface area contributed by atoms with E-state index in [1.165, 1.54) is 6.92 Å². The number of pyridine rings is 1. The van der Waals surface area contributed by atoms with Crippen LogP contribution in [0.25, 0.3) is 0 Å². The van der Waals surface area contributed by atoms with E-state index in [0.29, 0.717) is 11.4 Å². The molecule has 0 aliphatic heterocycles. The van der Waals surface area contributed by atoms with Gasteiger partial charge in [0.25, 0.3) is 0 Å². The molecule has 0 aliphatic carbocycles. The van der Waals surface area contributed by atoms with Crippen molar-refractivity contribution in [1.82, 2.24) is 10.3 Å². The van der Waals surface area contributed by atoms with E-state index in [0.717, 1.165) is 19.5 Å². The van der Waals surface area contributed by atoms with Crippen molar-refractivity contribution in [3.8, 4) is 5.75 Å². The molecular formula is C13H20N2O2. The molecule has 1 atom stereocenters. The van der Waals surface area contributed by atoms with E-state index in [1.54, 1.807) is 18.3 Å². The first-order valence-corrected chi connectivity index (χ1v) is 5.97. The lowest BCUT2D eigenvalue weighted by atomic mass is 10.2. The Hall–Kier alpha value is -1.42. The number of hydrogen-bond acceptors (Lipinski definition) is 4. The number of Topliss-reactive ketones (excluding diaryl/α,β-unsaturated/α-hetero) is 1. The number of carbonyl (C=O) groups excluding carboxylic acids is 1. The SMILES string of the molecule is CCNCCC(C)Oc1ccc(C(C)=O)nc1. The van der Waals surface area contributed by atoms with Gasteiger partial charge < -0.3 is 10.1 Å². The molecule has 0 spiro atoms. The van der Waals surface area contributed by atoms with Crippen LogP contribution in [0.4, 0.5) is 0 Å². The van der Waals surface area contributed by atoms with E-state index >= 15 is 0 Å². The molecular weight excluding hydrogens is 216 g/mol. The van der Waals surface area contributed by atoms with E-state index in [1.807, 2.05) is 6.92 Å². The van der Waals surface area contributed by atoms with E-state index in [-0.39, 0.29) is 11.9 Å². The van der Waals surface area contributed by atoms with Crippen LogP contribution in [-0.2, 0) is 0 Å². The molecule has 1 unspecified atom stereocenters. The number of rotatable bonds is 7. The number of carbonyl (C=O) groups is 1. The fourth-order valence-corrected chi connectivity index (χ4v) is 1.43. The summed E-state index contributed by atoms with van der Waals surface area (Å²) in [5.41, 5.74) is 0.470. The van der Waals surface area contributed by atoms with Gasteiger partial charge in [-0.1, -0.05) is 6.92 Å². The first-order chi connectivity index (χ1) is 8.13. The third-order valence-corrected chi connectivity index (χ3v) is 2.41. The molecule has 4 heteroatoms. The van der Waals surface area contributed by atoms with Gasteiger partial charge in [-0.2, -0.15) is 0 Å². The van der Waals surface area contributed by atoms with Gasteiger partial charge >= 0.3 is 0 Å². The number of hydrogen-bond donors (Lipinski definition) is 1. The molecule has 0 bridgehead atoms. The summed E-state index contributed by atoms with van der Waals surface area (Å²) in [5.74, 6) is 0.677. The Labute approximate surface area is 102 Å². The zero-order valence-electron chi connectivity index (χ0n) is 10.7. The van der Waals surface area contributed by atoms with Gasteiger partial charge in [0.05, 0.1) is 12.3 Å². The van der Waals surface area contributed by atoms with E-state index in [4.69, 9.17) is 4.74 Å². The Morgan fingerprint density at radius 3 is 2.82 bits per heavy atom. The molecule has 1 N–H and O–H groups in total. The lowest BCUT2D eigenvalue weighted by molar-refractivity contribution is 0.101. The van der Waals surface area contributed by atoms with Crippen molar-refractivity contribution in [2.24, 2.45) is 0 Å². The van der Waals surface area contributed by atoms with Gasteiger partial charge in [-0.05, 0) is 38.6 Å². The highest BCUT2D eigenvalue weighted by Gasteiger charge is 2.05. The minimum absolute atomic E-state index is 0.0308. The van der Waals surface area contributed by atoms with Gasteiger partial charge in [0, 0.05) is 6.92 Å². The minimum Gasteiger partial charge on any atom is -0.489 e. The quantitative estimate of drug-likeness (QED) is 0.581. The highest BCUT2D eigenvalue weighted by Crippen LogP contribution is 2.12. The van der Waals surface area contributed by atoms with Gasteiger partial charge in [0.1, 0.15) is 11.4 Å². The van der Waals surface area contributed by atoms with Crippen LogP contribution < -0.4 is 10.1 Å². The van der Waals surface area contributed by atoms with Crippen LogP contribution in [0.15, 0.2) is 18.3 Å². The van der Waals surface area contributed by atoms with E-state index in [2.05, 4.69) is 17.2 Å². The van der Waals surface area contributed by atoms with Gasteiger partial charge in [0.15, 0.2) is 5.78 Å². The summed E-state index contributed by atoms with van der Waals surface area (Å²) in [6.45, 7) is 7.52. The van der Waals surface area contributed by atoms with Crippen molar-refractivity contribution < 1.29 is 9.53 Å². The third kappa shape index (κ3) is 4.95. The molecule has 0 fully saturated rings. The minimum atomic E-state index is -0.0308. The molecule has 0 aliphatic rings. The molecule has 1 aromatic heterocycles. The van der Waals surface area contributed by atoms with Crippen molar-refractivity contribution in [2.45, 2.75) is 33.3 Å². The van der Waals surface area contributed by atoms with Crippen LogP contribution >= 0.6 is 0 Å². The number of ketones is 1. The van der Waals surface area contributed by atoms with Crippen molar-refractivity contribution >= 4 is 5.78 Å². The third-order valence-electron chi connectivity index (χ3n) is 2.41. The molecule has 1 heterocycles. The Balaban J connectivity index is 2.43. The second-order valence-corrected chi connectivity index (χ2v) is 4.01. The number of nitrogens with one attached hydrogen (secondary N) is 1. The smallest absolute Gasteiger partial charge is 0.178 e. The van der Waals surface area contributed by atoms with Crippen LogP contribution in [0.3, 0.4) is 0 Å². The Bertz CT molecular complexity index is 349. The average molecular weight is 236 g/mol. The normalized spacial score (nSPS) is 12.2. The second-order valence-electron chi connectivity index (χ2n) is 4.01. The molecule has 17 heavy (non-hydrogen) atoms. The zero-order chi connectivity index (χ0) is 12.7. The molecule has 0 saturated carbocycles. The van der Waals surface area contributed by atoms with Gasteiger partial charge in [-0.3, -0.25) is 4.79 Å². The van der Waals surface area contributed by atoms with Gasteiger partial charge in [0.2, 0.25) is 0 Å². The molecule has 4 nitrogen and oxygen atoms in total. The predicted molar refractivity (Wildman–Crippen MR) is 67.5 cm³/mol. The zero-order valence-corrected chi connectivity index (χ0v) is 10.7. The molecule has 0 aromatic carbocycles. The van der Waals surface area contributed by atoms with E-state index < -0.39 is 0 Å². The largest absolute Gasteiger partial charge is 0.489 e. The fourth-order valence-electron chi connectivity index (χ4n) is 1.43. The number of nitrogens with zero attached hydrogens (tertiary/aromatic N) is 1. The molecule has 0 radical (unpaired) electrons. The van der Waals surface area contributed by atoms with Crippen LogP contribution in [0.1, 0.15) is 37.7 Å². The van der Waals surface area contributed by atoms with Crippen LogP contribution in [-0.4, -0.2) is 30.0 Å². The van der Waals surface area contributed by atoms with Crippen molar-refractivity contribution in [1.29, 1.82) is 0 Å². The van der Waals surface area contributed by atoms with Crippen LogP contribution in [0.2, 0.25) is 0 Å². The summed E-state index contributed by atoms with van der Waals surface area (Å²) in [5, 5.41) is 3.25. The highest BCUT2D eigenvalue weighted by atomic mass is 16.5. The Morgan fingerprint density at radius 1 is 1.53 bits per heavy atom. The van der Waals surface area contributed by atoms with Crippen LogP contribution in [0.5, 0.6) is 5.75 Å². The molecule has 94 valence electrons. The number of aromatic nitrogens is 1. The van der Waals surface area contributed by atoms with Crippen LogP contribution in [0, 0.1) is 0 Å². The lowest BCUT2D eigenvalue weighted by Gasteiger charge is -2.14. The van der Waals surface area contributed by atoms with Crippen molar-refractivity contribution in [2.75, 3.05) is 13.1 Å². The molecule has 0 saturated heterocycles. The van der Waals surface area contributed by atoms with E-state index in [9.17, 15) is 4.79 Å². The first-order valence-electron chi connectivity index (χ1n) is 5.97. The summed E-state index contributed by atoms with van der Waals surface area (Å²) in [6, 6.07) is 3.47. The first kappa shape index (κ1) is 13.6.